The predicted molar refractivity (Wildman–Crippen MR) is 100 cm³/mol. The number of amides is 3. The fraction of sp³-hybridized carbons (Fsp3) is 0.263. The Hall–Kier alpha value is -3.20. The summed E-state index contributed by atoms with van der Waals surface area (Å²) in [5, 5.41) is 7.67. The summed E-state index contributed by atoms with van der Waals surface area (Å²) < 4.78 is 36.4. The van der Waals surface area contributed by atoms with Crippen molar-refractivity contribution in [1.29, 1.82) is 0 Å². The molecule has 9 heteroatoms. The van der Waals surface area contributed by atoms with Crippen LogP contribution in [0.1, 0.15) is 5.56 Å². The molecule has 150 valence electrons. The van der Waals surface area contributed by atoms with Crippen molar-refractivity contribution in [1.82, 2.24) is 5.32 Å². The first-order valence-electron chi connectivity index (χ1n) is 8.50. The number of carbonyl (C=O) groups is 2. The van der Waals surface area contributed by atoms with E-state index in [4.69, 9.17) is 9.47 Å². The van der Waals surface area contributed by atoms with Crippen LogP contribution in [0.15, 0.2) is 42.5 Å². The predicted octanol–water partition coefficient (Wildman–Crippen LogP) is 3.52. The van der Waals surface area contributed by atoms with E-state index in [1.807, 2.05) is 0 Å². The van der Waals surface area contributed by atoms with E-state index >= 15 is 0 Å². The topological polar surface area (TPSA) is 88.7 Å². The molecular formula is C19H21F2N3O4. The van der Waals surface area contributed by atoms with Gasteiger partial charge in [-0.3, -0.25) is 5.32 Å². The van der Waals surface area contributed by atoms with Crippen molar-refractivity contribution >= 4 is 23.5 Å². The van der Waals surface area contributed by atoms with Crippen molar-refractivity contribution < 1.29 is 27.8 Å². The Labute approximate surface area is 161 Å². The van der Waals surface area contributed by atoms with Crippen LogP contribution in [0.4, 0.5) is 29.7 Å². The fourth-order valence-corrected chi connectivity index (χ4v) is 2.27. The summed E-state index contributed by atoms with van der Waals surface area (Å²) >= 11 is 0. The van der Waals surface area contributed by atoms with Crippen LogP contribution < -0.4 is 16.0 Å². The molecule has 28 heavy (non-hydrogen) atoms. The maximum Gasteiger partial charge on any atom is 0.411 e. The van der Waals surface area contributed by atoms with Crippen molar-refractivity contribution in [2.75, 3.05) is 37.5 Å². The van der Waals surface area contributed by atoms with Crippen molar-refractivity contribution in [3.8, 4) is 0 Å². The second-order valence-corrected chi connectivity index (χ2v) is 5.68. The third-order valence-electron chi connectivity index (χ3n) is 3.60. The lowest BCUT2D eigenvalue weighted by atomic mass is 10.1. The van der Waals surface area contributed by atoms with Gasteiger partial charge < -0.3 is 20.1 Å². The standard InChI is InChI=1S/C19H21F2N3O4/c1-27-10-11-28-19(26)24-15-6-3-5-14(12-15)23-18(25)22-9-8-13-4-2-7-16(20)17(13)21/h2-7,12H,8-11H2,1H3,(H,24,26)(H2,22,23,25). The fourth-order valence-electron chi connectivity index (χ4n) is 2.27. The highest BCUT2D eigenvalue weighted by atomic mass is 19.2. The minimum absolute atomic E-state index is 0.120. The second-order valence-electron chi connectivity index (χ2n) is 5.68. The maximum absolute atomic E-state index is 13.6. The summed E-state index contributed by atoms with van der Waals surface area (Å²) in [5.41, 5.74) is 1.05. The van der Waals surface area contributed by atoms with E-state index < -0.39 is 23.8 Å². The summed E-state index contributed by atoms with van der Waals surface area (Å²) in [6, 6.07) is 9.84. The number of urea groups is 1. The third-order valence-corrected chi connectivity index (χ3v) is 3.60. The largest absolute Gasteiger partial charge is 0.447 e. The van der Waals surface area contributed by atoms with Crippen molar-refractivity contribution in [2.45, 2.75) is 6.42 Å². The van der Waals surface area contributed by atoms with E-state index in [0.29, 0.717) is 11.4 Å². The van der Waals surface area contributed by atoms with Crippen LogP contribution in [0.5, 0.6) is 0 Å². The summed E-state index contributed by atoms with van der Waals surface area (Å²) in [6.45, 7) is 0.527. The Kier molecular flexibility index (Phi) is 8.16. The van der Waals surface area contributed by atoms with Gasteiger partial charge in [-0.15, -0.1) is 0 Å². The number of rotatable bonds is 8. The minimum atomic E-state index is -0.924. The zero-order chi connectivity index (χ0) is 20.4. The lowest BCUT2D eigenvalue weighted by Crippen LogP contribution is -2.30. The molecule has 0 bridgehead atoms. The van der Waals surface area contributed by atoms with Gasteiger partial charge in [-0.25, -0.2) is 18.4 Å². The van der Waals surface area contributed by atoms with Gasteiger partial charge in [0.2, 0.25) is 0 Å². The molecule has 0 unspecified atom stereocenters. The van der Waals surface area contributed by atoms with Gasteiger partial charge in [-0.05, 0) is 36.2 Å². The smallest absolute Gasteiger partial charge is 0.411 e. The minimum Gasteiger partial charge on any atom is -0.447 e. The molecule has 0 radical (unpaired) electrons. The van der Waals surface area contributed by atoms with Gasteiger partial charge in [-0.2, -0.15) is 0 Å². The quantitative estimate of drug-likeness (QED) is 0.599. The number of benzene rings is 2. The number of nitrogens with one attached hydrogen (secondary N) is 3. The Morgan fingerprint density at radius 2 is 1.71 bits per heavy atom. The molecule has 2 aromatic carbocycles. The third kappa shape index (κ3) is 6.84. The molecule has 0 aromatic heterocycles. The summed E-state index contributed by atoms with van der Waals surface area (Å²) in [4.78, 5) is 23.5. The number of anilines is 2. The highest BCUT2D eigenvalue weighted by Gasteiger charge is 2.09. The van der Waals surface area contributed by atoms with Gasteiger partial charge in [0.1, 0.15) is 6.61 Å². The van der Waals surface area contributed by atoms with Gasteiger partial charge >= 0.3 is 12.1 Å². The summed E-state index contributed by atoms with van der Waals surface area (Å²) in [6.07, 6.45) is -0.498. The average Bonchev–Trinajstić information content (AvgIpc) is 2.65. The molecule has 0 heterocycles. The molecular weight excluding hydrogens is 372 g/mol. The number of halogens is 2. The van der Waals surface area contributed by atoms with Crippen molar-refractivity contribution in [3.63, 3.8) is 0 Å². The van der Waals surface area contributed by atoms with E-state index in [-0.39, 0.29) is 31.7 Å². The highest BCUT2D eigenvalue weighted by molar-refractivity contribution is 5.91. The van der Waals surface area contributed by atoms with Gasteiger partial charge in [0, 0.05) is 25.0 Å². The summed E-state index contributed by atoms with van der Waals surface area (Å²) in [5.74, 6) is -1.84. The molecule has 2 aromatic rings. The van der Waals surface area contributed by atoms with Crippen LogP contribution in [0.25, 0.3) is 0 Å². The lowest BCUT2D eigenvalue weighted by Gasteiger charge is -2.10. The zero-order valence-electron chi connectivity index (χ0n) is 15.3. The first kappa shape index (κ1) is 21.1. The first-order chi connectivity index (χ1) is 13.5. The number of ether oxygens (including phenoxy) is 2. The van der Waals surface area contributed by atoms with Crippen molar-refractivity contribution in [2.24, 2.45) is 0 Å². The molecule has 3 N–H and O–H groups in total. The Bertz CT molecular complexity index is 818. The van der Waals surface area contributed by atoms with Crippen LogP contribution >= 0.6 is 0 Å². The van der Waals surface area contributed by atoms with Gasteiger partial charge in [0.25, 0.3) is 0 Å². The molecule has 0 aliphatic carbocycles. The first-order valence-corrected chi connectivity index (χ1v) is 8.50. The monoisotopic (exact) mass is 393 g/mol. The number of hydrogen-bond acceptors (Lipinski definition) is 4. The molecule has 0 aliphatic rings. The van der Waals surface area contributed by atoms with Crippen LogP contribution in [-0.4, -0.2) is 39.0 Å². The Balaban J connectivity index is 1.80. The number of carbonyl (C=O) groups excluding carboxylic acids is 2. The average molecular weight is 393 g/mol. The normalized spacial score (nSPS) is 10.2. The zero-order valence-corrected chi connectivity index (χ0v) is 15.3. The second kappa shape index (κ2) is 10.8. The number of hydrogen-bond donors (Lipinski definition) is 3. The molecule has 3 amide bonds. The molecule has 0 spiro atoms. The van der Waals surface area contributed by atoms with Gasteiger partial charge in [0.05, 0.1) is 6.61 Å². The van der Waals surface area contributed by atoms with E-state index in [1.54, 1.807) is 24.3 Å². The molecule has 0 saturated carbocycles. The van der Waals surface area contributed by atoms with E-state index in [1.165, 1.54) is 19.2 Å². The Morgan fingerprint density at radius 1 is 1.00 bits per heavy atom. The Morgan fingerprint density at radius 3 is 2.46 bits per heavy atom. The lowest BCUT2D eigenvalue weighted by molar-refractivity contribution is 0.107. The molecule has 2 rings (SSSR count). The van der Waals surface area contributed by atoms with Crippen LogP contribution in [0.2, 0.25) is 0 Å². The van der Waals surface area contributed by atoms with E-state index in [9.17, 15) is 18.4 Å². The van der Waals surface area contributed by atoms with Gasteiger partial charge in [-0.1, -0.05) is 18.2 Å². The molecule has 0 atom stereocenters. The SMILES string of the molecule is COCCOC(=O)Nc1cccc(NC(=O)NCCc2cccc(F)c2F)c1. The number of methoxy groups -OCH3 is 1. The molecule has 0 aliphatic heterocycles. The van der Waals surface area contributed by atoms with Crippen LogP contribution in [0, 0.1) is 11.6 Å². The van der Waals surface area contributed by atoms with Crippen LogP contribution in [0.3, 0.4) is 0 Å². The molecule has 7 nitrogen and oxygen atoms in total. The molecule has 0 saturated heterocycles. The maximum atomic E-state index is 13.6. The van der Waals surface area contributed by atoms with E-state index in [0.717, 1.165) is 6.07 Å². The van der Waals surface area contributed by atoms with Crippen molar-refractivity contribution in [3.05, 3.63) is 59.7 Å². The van der Waals surface area contributed by atoms with E-state index in [2.05, 4.69) is 16.0 Å². The highest BCUT2D eigenvalue weighted by Crippen LogP contribution is 2.15. The molecule has 0 fully saturated rings. The summed E-state index contributed by atoms with van der Waals surface area (Å²) in [7, 11) is 1.50. The van der Waals surface area contributed by atoms with Crippen LogP contribution in [-0.2, 0) is 15.9 Å². The van der Waals surface area contributed by atoms with Gasteiger partial charge in [0.15, 0.2) is 11.6 Å².